The van der Waals surface area contributed by atoms with E-state index in [0.717, 1.165) is 18.7 Å². The summed E-state index contributed by atoms with van der Waals surface area (Å²) in [6.45, 7) is 3.43. The predicted molar refractivity (Wildman–Crippen MR) is 60.6 cm³/mol. The van der Waals surface area contributed by atoms with Gasteiger partial charge in [-0.1, -0.05) is 25.5 Å². The minimum Gasteiger partial charge on any atom is -0.396 e. The molecule has 0 aliphatic rings. The molecule has 0 amide bonds. The fraction of sp³-hybridized carbons (Fsp3) is 0.500. The van der Waals surface area contributed by atoms with E-state index in [1.165, 1.54) is 18.4 Å². The molecule has 2 nitrogen and oxygen atoms in total. The van der Waals surface area contributed by atoms with Crippen molar-refractivity contribution in [1.29, 1.82) is 0 Å². The van der Waals surface area contributed by atoms with Gasteiger partial charge in [-0.25, -0.2) is 0 Å². The van der Waals surface area contributed by atoms with Crippen molar-refractivity contribution in [1.82, 2.24) is 0 Å². The van der Waals surface area contributed by atoms with Gasteiger partial charge in [0.15, 0.2) is 0 Å². The average Bonchev–Trinajstić information content (AvgIpc) is 2.19. The van der Waals surface area contributed by atoms with Gasteiger partial charge < -0.3 is 10.4 Å². The lowest BCUT2D eigenvalue weighted by Gasteiger charge is -2.06. The van der Waals surface area contributed by atoms with E-state index in [1.54, 1.807) is 0 Å². The third-order valence-corrected chi connectivity index (χ3v) is 2.19. The second-order valence-corrected chi connectivity index (χ2v) is 3.45. The van der Waals surface area contributed by atoms with Crippen molar-refractivity contribution in [3.63, 3.8) is 0 Å². The lowest BCUT2D eigenvalue weighted by molar-refractivity contribution is 0.299. The Balaban J connectivity index is 2.46. The number of nitrogens with one attached hydrogen (secondary N) is 1. The SMILES string of the molecule is CCCCNc1cccc(CCO)c1. The standard InChI is InChI=1S/C12H19NO/c1-2-3-8-13-12-6-4-5-11(10-12)7-9-14/h4-6,10,13-14H,2-3,7-9H2,1H3. The van der Waals surface area contributed by atoms with Crippen LogP contribution in [0.2, 0.25) is 0 Å². The van der Waals surface area contributed by atoms with E-state index in [2.05, 4.69) is 24.4 Å². The molecule has 0 saturated carbocycles. The zero-order chi connectivity index (χ0) is 10.2. The van der Waals surface area contributed by atoms with Crippen LogP contribution in [0, 0.1) is 0 Å². The van der Waals surface area contributed by atoms with Crippen LogP contribution in [-0.2, 0) is 6.42 Å². The second-order valence-electron chi connectivity index (χ2n) is 3.45. The summed E-state index contributed by atoms with van der Waals surface area (Å²) in [4.78, 5) is 0. The number of unbranched alkanes of at least 4 members (excludes halogenated alkanes) is 1. The molecule has 0 aromatic heterocycles. The van der Waals surface area contributed by atoms with Gasteiger partial charge in [-0.3, -0.25) is 0 Å². The number of hydrogen-bond donors (Lipinski definition) is 2. The molecule has 0 atom stereocenters. The quantitative estimate of drug-likeness (QED) is 0.680. The summed E-state index contributed by atoms with van der Waals surface area (Å²) >= 11 is 0. The van der Waals surface area contributed by atoms with Crippen LogP contribution in [0.3, 0.4) is 0 Å². The van der Waals surface area contributed by atoms with Crippen molar-refractivity contribution in [2.75, 3.05) is 18.5 Å². The number of aliphatic hydroxyl groups is 1. The van der Waals surface area contributed by atoms with Crippen molar-refractivity contribution in [3.8, 4) is 0 Å². The molecule has 0 saturated heterocycles. The molecule has 0 heterocycles. The van der Waals surface area contributed by atoms with Gasteiger partial charge in [-0.15, -0.1) is 0 Å². The molecule has 0 radical (unpaired) electrons. The number of hydrogen-bond acceptors (Lipinski definition) is 2. The first-order valence-corrected chi connectivity index (χ1v) is 5.30. The maximum absolute atomic E-state index is 8.80. The minimum absolute atomic E-state index is 0.221. The van der Waals surface area contributed by atoms with Gasteiger partial charge in [0.25, 0.3) is 0 Å². The first-order chi connectivity index (χ1) is 6.86. The first kappa shape index (κ1) is 11.1. The van der Waals surface area contributed by atoms with Crippen LogP contribution in [0.4, 0.5) is 5.69 Å². The van der Waals surface area contributed by atoms with Gasteiger partial charge in [-0.2, -0.15) is 0 Å². The molecule has 14 heavy (non-hydrogen) atoms. The summed E-state index contributed by atoms with van der Waals surface area (Å²) in [5.41, 5.74) is 2.35. The summed E-state index contributed by atoms with van der Waals surface area (Å²) in [7, 11) is 0. The zero-order valence-corrected chi connectivity index (χ0v) is 8.79. The Kier molecular flexibility index (Phi) is 5.08. The Morgan fingerprint density at radius 1 is 1.36 bits per heavy atom. The minimum atomic E-state index is 0.221. The van der Waals surface area contributed by atoms with Crippen LogP contribution < -0.4 is 5.32 Å². The van der Waals surface area contributed by atoms with E-state index in [9.17, 15) is 0 Å². The van der Waals surface area contributed by atoms with Crippen molar-refractivity contribution in [3.05, 3.63) is 29.8 Å². The molecule has 1 aromatic rings. The van der Waals surface area contributed by atoms with Gasteiger partial charge in [0.05, 0.1) is 0 Å². The molecule has 0 aliphatic heterocycles. The van der Waals surface area contributed by atoms with E-state index in [0.29, 0.717) is 0 Å². The summed E-state index contributed by atoms with van der Waals surface area (Å²) in [6, 6.07) is 8.24. The topological polar surface area (TPSA) is 32.3 Å². The highest BCUT2D eigenvalue weighted by atomic mass is 16.2. The Bertz CT molecular complexity index is 260. The van der Waals surface area contributed by atoms with Crippen molar-refractivity contribution in [2.24, 2.45) is 0 Å². The van der Waals surface area contributed by atoms with Gasteiger partial charge >= 0.3 is 0 Å². The van der Waals surface area contributed by atoms with Crippen LogP contribution in [-0.4, -0.2) is 18.3 Å². The molecule has 0 aliphatic carbocycles. The zero-order valence-electron chi connectivity index (χ0n) is 8.79. The highest BCUT2D eigenvalue weighted by Gasteiger charge is 1.94. The molecule has 78 valence electrons. The van der Waals surface area contributed by atoms with Crippen molar-refractivity contribution >= 4 is 5.69 Å². The molecule has 0 unspecified atom stereocenters. The summed E-state index contributed by atoms with van der Waals surface area (Å²) < 4.78 is 0. The second kappa shape index (κ2) is 6.44. The molecular weight excluding hydrogens is 174 g/mol. The molecule has 2 N–H and O–H groups in total. The fourth-order valence-electron chi connectivity index (χ4n) is 1.38. The molecule has 1 rings (SSSR count). The Morgan fingerprint density at radius 3 is 2.93 bits per heavy atom. The molecule has 0 bridgehead atoms. The lowest BCUT2D eigenvalue weighted by atomic mass is 10.1. The van der Waals surface area contributed by atoms with Gasteiger partial charge in [0.2, 0.25) is 0 Å². The largest absolute Gasteiger partial charge is 0.396 e. The highest BCUT2D eigenvalue weighted by molar-refractivity contribution is 5.45. The van der Waals surface area contributed by atoms with Crippen LogP contribution in [0.5, 0.6) is 0 Å². The number of aliphatic hydroxyl groups excluding tert-OH is 1. The van der Waals surface area contributed by atoms with E-state index in [-0.39, 0.29) is 6.61 Å². The molecule has 0 spiro atoms. The lowest BCUT2D eigenvalue weighted by Crippen LogP contribution is -2.01. The smallest absolute Gasteiger partial charge is 0.0471 e. The molecule has 0 fully saturated rings. The van der Waals surface area contributed by atoms with Crippen molar-refractivity contribution in [2.45, 2.75) is 26.2 Å². The number of benzene rings is 1. The van der Waals surface area contributed by atoms with Crippen LogP contribution in [0.25, 0.3) is 0 Å². The van der Waals surface area contributed by atoms with Gasteiger partial charge in [0.1, 0.15) is 0 Å². The predicted octanol–water partition coefficient (Wildman–Crippen LogP) is 2.43. The highest BCUT2D eigenvalue weighted by Crippen LogP contribution is 2.11. The summed E-state index contributed by atoms with van der Waals surface area (Å²) in [5.74, 6) is 0. The van der Waals surface area contributed by atoms with Crippen molar-refractivity contribution < 1.29 is 5.11 Å². The van der Waals surface area contributed by atoms with E-state index >= 15 is 0 Å². The van der Waals surface area contributed by atoms with E-state index in [1.807, 2.05) is 12.1 Å². The monoisotopic (exact) mass is 193 g/mol. The van der Waals surface area contributed by atoms with Crippen LogP contribution >= 0.6 is 0 Å². The first-order valence-electron chi connectivity index (χ1n) is 5.30. The maximum atomic E-state index is 8.80. The van der Waals surface area contributed by atoms with Crippen LogP contribution in [0.1, 0.15) is 25.3 Å². The normalized spacial score (nSPS) is 10.1. The third kappa shape index (κ3) is 3.79. The Morgan fingerprint density at radius 2 is 2.21 bits per heavy atom. The third-order valence-electron chi connectivity index (χ3n) is 2.19. The fourth-order valence-corrected chi connectivity index (χ4v) is 1.38. The summed E-state index contributed by atoms with van der Waals surface area (Å²) in [6.07, 6.45) is 3.15. The van der Waals surface area contributed by atoms with E-state index < -0.39 is 0 Å². The maximum Gasteiger partial charge on any atom is 0.0471 e. The Hall–Kier alpha value is -1.02. The molecule has 1 aromatic carbocycles. The van der Waals surface area contributed by atoms with E-state index in [4.69, 9.17) is 5.11 Å². The van der Waals surface area contributed by atoms with Gasteiger partial charge in [-0.05, 0) is 30.5 Å². The number of anilines is 1. The van der Waals surface area contributed by atoms with Gasteiger partial charge in [0, 0.05) is 18.8 Å². The molecular formula is C12H19NO. The van der Waals surface area contributed by atoms with Crippen LogP contribution in [0.15, 0.2) is 24.3 Å². The molecule has 2 heteroatoms. The number of rotatable bonds is 6. The average molecular weight is 193 g/mol. The summed E-state index contributed by atoms with van der Waals surface area (Å²) in [5, 5.41) is 12.2. The Labute approximate surface area is 86.0 Å².